The standard InChI is InChI=1S/C20H19N3O3S3/c1-25-14-10-13-17(11-15(14)26-2)29-20(23(13)8-9-27-3)22-18(24)19-21-12-6-4-5-7-16(12)28-19/h4-7,10-11H,8-9H2,1-3H3. The van der Waals surface area contributed by atoms with Crippen LogP contribution in [0, 0.1) is 0 Å². The van der Waals surface area contributed by atoms with Crippen molar-refractivity contribution in [3.63, 3.8) is 0 Å². The average Bonchev–Trinajstić information content (AvgIpc) is 3.32. The van der Waals surface area contributed by atoms with Gasteiger partial charge in [0, 0.05) is 24.4 Å². The molecule has 0 aliphatic heterocycles. The summed E-state index contributed by atoms with van der Waals surface area (Å²) in [4.78, 5) is 22.4. The molecular formula is C20H19N3O3S3. The van der Waals surface area contributed by atoms with E-state index >= 15 is 0 Å². The quantitative estimate of drug-likeness (QED) is 0.439. The molecule has 6 nitrogen and oxygen atoms in total. The molecule has 1 amide bonds. The van der Waals surface area contributed by atoms with Gasteiger partial charge >= 0.3 is 5.91 Å². The maximum Gasteiger partial charge on any atom is 0.308 e. The topological polar surface area (TPSA) is 65.7 Å². The van der Waals surface area contributed by atoms with Crippen LogP contribution in [0.25, 0.3) is 20.4 Å². The SMILES string of the molecule is COc1cc2sc(=NC(=O)c3nc4ccccc4s3)n(CCSC)c2cc1OC. The number of ether oxygens (including phenoxy) is 2. The molecule has 0 saturated carbocycles. The van der Waals surface area contributed by atoms with Gasteiger partial charge in [0.15, 0.2) is 21.3 Å². The summed E-state index contributed by atoms with van der Waals surface area (Å²) in [7, 11) is 3.23. The summed E-state index contributed by atoms with van der Waals surface area (Å²) in [6.45, 7) is 0.739. The van der Waals surface area contributed by atoms with E-state index in [0.717, 1.165) is 32.7 Å². The number of thioether (sulfide) groups is 1. The number of rotatable bonds is 6. The third kappa shape index (κ3) is 3.90. The Bertz CT molecular complexity index is 1220. The zero-order valence-electron chi connectivity index (χ0n) is 16.2. The third-order valence-corrected chi connectivity index (χ3v) is 7.04. The van der Waals surface area contributed by atoms with Crippen LogP contribution in [0.15, 0.2) is 41.4 Å². The van der Waals surface area contributed by atoms with Gasteiger partial charge < -0.3 is 14.0 Å². The summed E-state index contributed by atoms with van der Waals surface area (Å²) < 4.78 is 14.9. The number of aryl methyl sites for hydroxylation is 1. The van der Waals surface area contributed by atoms with Crippen LogP contribution in [-0.2, 0) is 6.54 Å². The molecule has 0 bridgehead atoms. The third-order valence-electron chi connectivity index (χ3n) is 4.38. The zero-order chi connectivity index (χ0) is 20.4. The minimum Gasteiger partial charge on any atom is -0.493 e. The van der Waals surface area contributed by atoms with Crippen molar-refractivity contribution in [2.24, 2.45) is 4.99 Å². The van der Waals surface area contributed by atoms with Gasteiger partial charge in [-0.15, -0.1) is 11.3 Å². The van der Waals surface area contributed by atoms with Crippen LogP contribution in [-0.4, -0.2) is 41.7 Å². The molecule has 2 aromatic carbocycles. The van der Waals surface area contributed by atoms with E-state index in [1.165, 1.54) is 22.7 Å². The number of fused-ring (bicyclic) bond motifs is 2. The fourth-order valence-corrected chi connectivity index (χ4v) is 5.26. The van der Waals surface area contributed by atoms with E-state index in [4.69, 9.17) is 9.47 Å². The summed E-state index contributed by atoms with van der Waals surface area (Å²) in [5, 5.41) is 0.398. The highest BCUT2D eigenvalue weighted by molar-refractivity contribution is 7.98. The summed E-state index contributed by atoms with van der Waals surface area (Å²) >= 11 is 4.57. The molecule has 2 aromatic heterocycles. The number of thiazole rings is 2. The van der Waals surface area contributed by atoms with E-state index in [0.29, 0.717) is 21.3 Å². The van der Waals surface area contributed by atoms with Gasteiger partial charge in [0.2, 0.25) is 0 Å². The molecule has 0 N–H and O–H groups in total. The second-order valence-electron chi connectivity index (χ2n) is 6.11. The van der Waals surface area contributed by atoms with Gasteiger partial charge in [0.25, 0.3) is 0 Å². The number of nitrogens with zero attached hydrogens (tertiary/aromatic N) is 3. The van der Waals surface area contributed by atoms with E-state index in [1.807, 2.05) is 36.4 Å². The van der Waals surface area contributed by atoms with Crippen molar-refractivity contribution >= 4 is 60.8 Å². The molecular weight excluding hydrogens is 426 g/mol. The zero-order valence-corrected chi connectivity index (χ0v) is 18.6. The van der Waals surface area contributed by atoms with Crippen LogP contribution < -0.4 is 14.3 Å². The molecule has 0 saturated heterocycles. The van der Waals surface area contributed by atoms with Crippen LogP contribution in [0.2, 0.25) is 0 Å². The maximum atomic E-state index is 12.9. The lowest BCUT2D eigenvalue weighted by Gasteiger charge is -2.09. The summed E-state index contributed by atoms with van der Waals surface area (Å²) in [6, 6.07) is 11.6. The highest BCUT2D eigenvalue weighted by Crippen LogP contribution is 2.33. The molecule has 29 heavy (non-hydrogen) atoms. The van der Waals surface area contributed by atoms with Gasteiger partial charge in [-0.05, 0) is 18.4 Å². The molecule has 0 radical (unpaired) electrons. The first-order chi connectivity index (χ1) is 14.1. The van der Waals surface area contributed by atoms with Crippen LogP contribution in [0.5, 0.6) is 11.5 Å². The first kappa shape index (κ1) is 19.9. The van der Waals surface area contributed by atoms with E-state index in [-0.39, 0.29) is 5.91 Å². The Morgan fingerprint density at radius 2 is 1.90 bits per heavy atom. The Balaban J connectivity index is 1.84. The molecule has 0 aliphatic rings. The number of benzene rings is 2. The predicted octanol–water partition coefficient (Wildman–Crippen LogP) is 4.43. The number of hydrogen-bond donors (Lipinski definition) is 0. The lowest BCUT2D eigenvalue weighted by molar-refractivity contribution is 0.0997. The average molecular weight is 446 g/mol. The van der Waals surface area contributed by atoms with Crippen LogP contribution in [0.3, 0.4) is 0 Å². The molecule has 9 heteroatoms. The second-order valence-corrected chi connectivity index (χ2v) is 9.13. The Kier molecular flexibility index (Phi) is 5.89. The lowest BCUT2D eigenvalue weighted by Crippen LogP contribution is -2.18. The van der Waals surface area contributed by atoms with Crippen molar-refractivity contribution in [1.82, 2.24) is 9.55 Å². The first-order valence-corrected chi connectivity index (χ1v) is 11.9. The number of hydrogen-bond acceptors (Lipinski definition) is 7. The van der Waals surface area contributed by atoms with Gasteiger partial charge in [0.05, 0.1) is 34.7 Å². The fourth-order valence-electron chi connectivity index (χ4n) is 2.98. The Morgan fingerprint density at radius 3 is 2.62 bits per heavy atom. The minimum absolute atomic E-state index is 0.324. The van der Waals surface area contributed by atoms with Crippen molar-refractivity contribution in [3.8, 4) is 11.5 Å². The smallest absolute Gasteiger partial charge is 0.308 e. The van der Waals surface area contributed by atoms with Gasteiger partial charge in [-0.25, -0.2) is 4.98 Å². The van der Waals surface area contributed by atoms with Crippen LogP contribution in [0.1, 0.15) is 9.80 Å². The first-order valence-electron chi connectivity index (χ1n) is 8.83. The van der Waals surface area contributed by atoms with Crippen molar-refractivity contribution in [1.29, 1.82) is 0 Å². The number of aromatic nitrogens is 2. The fraction of sp³-hybridized carbons (Fsp3) is 0.250. The Labute approximate surface area is 179 Å². The monoisotopic (exact) mass is 445 g/mol. The molecule has 0 spiro atoms. The molecule has 0 aliphatic carbocycles. The number of carbonyl (C=O) groups is 1. The van der Waals surface area contributed by atoms with Gasteiger partial charge in [-0.3, -0.25) is 4.79 Å². The summed E-state index contributed by atoms with van der Waals surface area (Å²) in [6.07, 6.45) is 2.06. The number of carbonyl (C=O) groups excluding carboxylic acids is 1. The predicted molar refractivity (Wildman–Crippen MR) is 121 cm³/mol. The summed E-state index contributed by atoms with van der Waals surface area (Å²) in [5.74, 6) is 1.89. The Hall–Kier alpha value is -2.36. The van der Waals surface area contributed by atoms with E-state index < -0.39 is 0 Å². The van der Waals surface area contributed by atoms with Gasteiger partial charge in [-0.2, -0.15) is 16.8 Å². The molecule has 0 atom stereocenters. The lowest BCUT2D eigenvalue weighted by atomic mass is 10.3. The van der Waals surface area contributed by atoms with Crippen molar-refractivity contribution in [3.05, 3.63) is 46.2 Å². The number of methoxy groups -OCH3 is 2. The minimum atomic E-state index is -0.324. The highest BCUT2D eigenvalue weighted by atomic mass is 32.2. The highest BCUT2D eigenvalue weighted by Gasteiger charge is 2.15. The van der Waals surface area contributed by atoms with Crippen molar-refractivity contribution in [2.45, 2.75) is 6.54 Å². The van der Waals surface area contributed by atoms with Crippen molar-refractivity contribution < 1.29 is 14.3 Å². The van der Waals surface area contributed by atoms with E-state index in [9.17, 15) is 4.79 Å². The normalized spacial score (nSPS) is 12.0. The van der Waals surface area contributed by atoms with Gasteiger partial charge in [-0.1, -0.05) is 23.5 Å². The summed E-state index contributed by atoms with van der Waals surface area (Å²) in [5.41, 5.74) is 1.79. The number of para-hydroxylation sites is 1. The van der Waals surface area contributed by atoms with E-state index in [1.54, 1.807) is 26.0 Å². The molecule has 4 aromatic rings. The maximum absolute atomic E-state index is 12.9. The molecule has 2 heterocycles. The van der Waals surface area contributed by atoms with E-state index in [2.05, 4.69) is 20.8 Å². The Morgan fingerprint density at radius 1 is 1.14 bits per heavy atom. The largest absolute Gasteiger partial charge is 0.493 e. The molecule has 4 rings (SSSR count). The molecule has 0 fully saturated rings. The second kappa shape index (κ2) is 8.56. The number of amides is 1. The van der Waals surface area contributed by atoms with Crippen LogP contribution >= 0.6 is 34.4 Å². The molecule has 0 unspecified atom stereocenters. The molecule has 150 valence electrons. The van der Waals surface area contributed by atoms with Crippen LogP contribution in [0.4, 0.5) is 0 Å². The van der Waals surface area contributed by atoms with Crippen molar-refractivity contribution in [2.75, 3.05) is 26.2 Å². The van der Waals surface area contributed by atoms with Gasteiger partial charge in [0.1, 0.15) is 0 Å².